The van der Waals surface area contributed by atoms with Crippen LogP contribution < -0.4 is 4.90 Å². The molecule has 1 atom stereocenters. The van der Waals surface area contributed by atoms with Crippen molar-refractivity contribution in [3.63, 3.8) is 0 Å². The Morgan fingerprint density at radius 1 is 1.16 bits per heavy atom. The number of pyridine rings is 2. The zero-order valence-electron chi connectivity index (χ0n) is 17.2. The summed E-state index contributed by atoms with van der Waals surface area (Å²) in [4.78, 5) is 11.7. The van der Waals surface area contributed by atoms with E-state index in [1.54, 1.807) is 16.8 Å². The largest absolute Gasteiger partial charge is 0.370 e. The van der Waals surface area contributed by atoms with E-state index in [0.717, 1.165) is 28.0 Å². The number of hydrogen-bond acceptors (Lipinski definition) is 5. The molecule has 1 unspecified atom stereocenters. The minimum atomic E-state index is -0.408. The Bertz CT molecular complexity index is 1270. The molecule has 0 radical (unpaired) electrons. The molecule has 0 spiro atoms. The van der Waals surface area contributed by atoms with Gasteiger partial charge in [-0.1, -0.05) is 11.6 Å². The molecule has 6 nitrogen and oxygen atoms in total. The van der Waals surface area contributed by atoms with Crippen LogP contribution >= 0.6 is 11.6 Å². The highest BCUT2D eigenvalue weighted by molar-refractivity contribution is 6.30. The van der Waals surface area contributed by atoms with Crippen molar-refractivity contribution in [2.45, 2.75) is 13.0 Å². The second kappa shape index (κ2) is 7.90. The van der Waals surface area contributed by atoms with E-state index in [1.165, 1.54) is 6.07 Å². The smallest absolute Gasteiger partial charge is 0.134 e. The molecule has 0 N–H and O–H groups in total. The molecule has 0 bridgehead atoms. The number of morpholine rings is 1. The number of hydrogen-bond donors (Lipinski definition) is 0. The second-order valence-electron chi connectivity index (χ2n) is 7.73. The average molecular weight is 438 g/mol. The van der Waals surface area contributed by atoms with Crippen molar-refractivity contribution in [3.8, 4) is 11.3 Å². The van der Waals surface area contributed by atoms with Gasteiger partial charge in [0, 0.05) is 59.6 Å². The summed E-state index contributed by atoms with van der Waals surface area (Å²) in [5, 5.41) is 5.40. The lowest BCUT2D eigenvalue weighted by molar-refractivity contribution is 0.0395. The predicted octanol–water partition coefficient (Wildman–Crippen LogP) is 4.71. The lowest BCUT2D eigenvalue weighted by Crippen LogP contribution is -2.38. The van der Waals surface area contributed by atoms with Crippen LogP contribution in [0, 0.1) is 12.7 Å². The maximum absolute atomic E-state index is 14.8. The fraction of sp³-hybridized carbons (Fsp3) is 0.261. The zero-order chi connectivity index (χ0) is 21.5. The third-order valence-corrected chi connectivity index (χ3v) is 5.72. The quantitative estimate of drug-likeness (QED) is 0.464. The first-order valence-electron chi connectivity index (χ1n) is 10.1. The van der Waals surface area contributed by atoms with E-state index in [4.69, 9.17) is 21.3 Å². The Hall–Kier alpha value is -3.03. The fourth-order valence-electron chi connectivity index (χ4n) is 3.93. The van der Waals surface area contributed by atoms with Gasteiger partial charge >= 0.3 is 0 Å². The summed E-state index contributed by atoms with van der Waals surface area (Å²) in [6.45, 7) is 3.81. The summed E-state index contributed by atoms with van der Waals surface area (Å²) in [7, 11) is 1.88. The lowest BCUT2D eigenvalue weighted by Gasteiger charge is -2.33. The molecule has 5 rings (SSSR count). The average Bonchev–Trinajstić information content (AvgIpc) is 3.19. The molecule has 158 valence electrons. The van der Waals surface area contributed by atoms with Crippen molar-refractivity contribution in [1.82, 2.24) is 19.7 Å². The second-order valence-corrected chi connectivity index (χ2v) is 8.16. The predicted molar refractivity (Wildman–Crippen MR) is 119 cm³/mol. The number of ether oxygens (including phenoxy) is 1. The molecule has 1 aromatic carbocycles. The number of nitrogens with zero attached hydrogens (tertiary/aromatic N) is 5. The number of anilines is 1. The summed E-state index contributed by atoms with van der Waals surface area (Å²) < 4.78 is 22.5. The summed E-state index contributed by atoms with van der Waals surface area (Å²) in [5.41, 5.74) is 3.64. The minimum Gasteiger partial charge on any atom is -0.370 e. The van der Waals surface area contributed by atoms with Crippen LogP contribution in [0.25, 0.3) is 22.2 Å². The van der Waals surface area contributed by atoms with Gasteiger partial charge in [-0.3, -0.25) is 9.67 Å². The molecule has 1 fully saturated rings. The van der Waals surface area contributed by atoms with Crippen molar-refractivity contribution in [2.75, 3.05) is 24.6 Å². The SMILES string of the molecule is Cc1ccc2c(-c3ccc(Cl)cc3F)nc(N3CCOC(c4cnn(C)c4)C3)cc2n1. The topological polar surface area (TPSA) is 56.1 Å². The fourth-order valence-corrected chi connectivity index (χ4v) is 4.09. The van der Waals surface area contributed by atoms with E-state index in [2.05, 4.69) is 15.0 Å². The minimum absolute atomic E-state index is 0.110. The molecule has 4 heterocycles. The van der Waals surface area contributed by atoms with Gasteiger partial charge in [0.2, 0.25) is 0 Å². The van der Waals surface area contributed by atoms with Crippen LogP contribution in [0.3, 0.4) is 0 Å². The Morgan fingerprint density at radius 3 is 2.81 bits per heavy atom. The number of rotatable bonds is 3. The lowest BCUT2D eigenvalue weighted by atomic mass is 10.0. The monoisotopic (exact) mass is 437 g/mol. The van der Waals surface area contributed by atoms with Gasteiger partial charge in [0.25, 0.3) is 0 Å². The first kappa shape index (κ1) is 19.9. The Labute approximate surface area is 184 Å². The van der Waals surface area contributed by atoms with E-state index in [0.29, 0.717) is 36.0 Å². The Morgan fingerprint density at radius 2 is 2.03 bits per heavy atom. The van der Waals surface area contributed by atoms with E-state index < -0.39 is 5.82 Å². The third-order valence-electron chi connectivity index (χ3n) is 5.48. The molecule has 3 aromatic heterocycles. The van der Waals surface area contributed by atoms with Gasteiger partial charge in [-0.25, -0.2) is 9.37 Å². The molecular weight excluding hydrogens is 417 g/mol. The molecule has 0 saturated carbocycles. The Balaban J connectivity index is 1.60. The number of fused-ring (bicyclic) bond motifs is 1. The molecule has 0 aliphatic carbocycles. The normalized spacial score (nSPS) is 16.8. The van der Waals surface area contributed by atoms with Crippen LogP contribution in [0.5, 0.6) is 0 Å². The summed E-state index contributed by atoms with van der Waals surface area (Å²) >= 11 is 5.97. The number of benzene rings is 1. The highest BCUT2D eigenvalue weighted by atomic mass is 35.5. The molecule has 4 aromatic rings. The van der Waals surface area contributed by atoms with Crippen LogP contribution in [0.1, 0.15) is 17.4 Å². The van der Waals surface area contributed by atoms with Crippen LogP contribution in [0.15, 0.2) is 48.8 Å². The van der Waals surface area contributed by atoms with Gasteiger partial charge in [-0.05, 0) is 37.3 Å². The van der Waals surface area contributed by atoms with Crippen molar-refractivity contribution < 1.29 is 9.13 Å². The summed E-state index contributed by atoms with van der Waals surface area (Å²) in [6, 6.07) is 10.5. The van der Waals surface area contributed by atoms with Crippen LogP contribution in [-0.2, 0) is 11.8 Å². The van der Waals surface area contributed by atoms with Crippen molar-refractivity contribution in [2.24, 2.45) is 7.05 Å². The van der Waals surface area contributed by atoms with Crippen LogP contribution in [-0.4, -0.2) is 39.4 Å². The third kappa shape index (κ3) is 3.86. The van der Waals surface area contributed by atoms with Gasteiger partial charge in [0.1, 0.15) is 17.7 Å². The van der Waals surface area contributed by atoms with E-state index in [-0.39, 0.29) is 6.10 Å². The molecule has 1 aliphatic rings. The number of aryl methyl sites for hydroxylation is 2. The van der Waals surface area contributed by atoms with E-state index >= 15 is 0 Å². The standard InChI is InChI=1S/C23H21ClFN5O/c1-14-3-5-18-20(27-14)10-22(28-23(18)17-6-4-16(24)9-19(17)25)30-7-8-31-21(13-30)15-11-26-29(2)12-15/h3-6,9-12,21H,7-8,13H2,1-2H3. The maximum atomic E-state index is 14.8. The molecular formula is C23H21ClFN5O. The van der Waals surface area contributed by atoms with Gasteiger partial charge in [0.05, 0.1) is 24.0 Å². The van der Waals surface area contributed by atoms with Gasteiger partial charge < -0.3 is 9.64 Å². The highest BCUT2D eigenvalue weighted by Gasteiger charge is 2.25. The summed E-state index contributed by atoms with van der Waals surface area (Å²) in [6.07, 6.45) is 3.67. The first-order chi connectivity index (χ1) is 15.0. The van der Waals surface area contributed by atoms with Crippen LogP contribution in [0.4, 0.5) is 10.2 Å². The van der Waals surface area contributed by atoms with Crippen molar-refractivity contribution in [1.29, 1.82) is 0 Å². The van der Waals surface area contributed by atoms with Crippen molar-refractivity contribution in [3.05, 3.63) is 70.9 Å². The number of halogens is 2. The van der Waals surface area contributed by atoms with Crippen LogP contribution in [0.2, 0.25) is 5.02 Å². The first-order valence-corrected chi connectivity index (χ1v) is 10.4. The molecule has 1 aliphatic heterocycles. The van der Waals surface area contributed by atoms with Gasteiger partial charge in [-0.15, -0.1) is 0 Å². The zero-order valence-corrected chi connectivity index (χ0v) is 18.0. The summed E-state index contributed by atoms with van der Waals surface area (Å²) in [5.74, 6) is 0.335. The molecule has 8 heteroatoms. The van der Waals surface area contributed by atoms with Gasteiger partial charge in [0.15, 0.2) is 0 Å². The number of aromatic nitrogens is 4. The van der Waals surface area contributed by atoms with E-state index in [1.807, 2.05) is 44.6 Å². The van der Waals surface area contributed by atoms with Crippen molar-refractivity contribution >= 4 is 28.3 Å². The van der Waals surface area contributed by atoms with Gasteiger partial charge in [-0.2, -0.15) is 5.10 Å². The van der Waals surface area contributed by atoms with E-state index in [9.17, 15) is 4.39 Å². The molecule has 31 heavy (non-hydrogen) atoms. The Kier molecular flexibility index (Phi) is 5.08. The maximum Gasteiger partial charge on any atom is 0.134 e. The molecule has 0 amide bonds. The molecule has 1 saturated heterocycles. The highest BCUT2D eigenvalue weighted by Crippen LogP contribution is 2.34.